The van der Waals surface area contributed by atoms with Crippen LogP contribution in [0.3, 0.4) is 0 Å². The minimum Gasteiger partial charge on any atom is -0.497 e. The molecule has 184 valence electrons. The van der Waals surface area contributed by atoms with Gasteiger partial charge in [-0.05, 0) is 42.7 Å². The molecular formula is C27H28N6O3. The maximum Gasteiger partial charge on any atom is 0.319 e. The van der Waals surface area contributed by atoms with Crippen LogP contribution in [0.1, 0.15) is 53.2 Å². The van der Waals surface area contributed by atoms with Gasteiger partial charge in [0.2, 0.25) is 0 Å². The maximum absolute atomic E-state index is 13.6. The van der Waals surface area contributed by atoms with Crippen LogP contribution in [-0.2, 0) is 6.54 Å². The lowest BCUT2D eigenvalue weighted by molar-refractivity contribution is 0.104. The number of rotatable bonds is 7. The van der Waals surface area contributed by atoms with Crippen LogP contribution in [0.5, 0.6) is 5.75 Å². The van der Waals surface area contributed by atoms with Crippen molar-refractivity contribution in [2.45, 2.75) is 38.3 Å². The third kappa shape index (κ3) is 4.72. The van der Waals surface area contributed by atoms with Crippen LogP contribution in [-0.4, -0.2) is 33.5 Å². The van der Waals surface area contributed by atoms with Crippen LogP contribution in [0.15, 0.2) is 61.1 Å². The Bertz CT molecular complexity index is 1410. The number of carbonyl (C=O) groups excluding carboxylic acids is 2. The number of amides is 2. The maximum atomic E-state index is 13.6. The number of hydrogen-bond donors (Lipinski definition) is 3. The van der Waals surface area contributed by atoms with Crippen molar-refractivity contribution >= 4 is 34.4 Å². The normalized spacial score (nSPS) is 13.6. The van der Waals surface area contributed by atoms with Crippen molar-refractivity contribution in [3.8, 4) is 5.75 Å². The first-order valence-corrected chi connectivity index (χ1v) is 12.0. The molecule has 9 heteroatoms. The molecule has 0 atom stereocenters. The zero-order valence-corrected chi connectivity index (χ0v) is 20.0. The first-order chi connectivity index (χ1) is 17.5. The third-order valence-electron chi connectivity index (χ3n) is 6.60. The largest absolute Gasteiger partial charge is 0.497 e. The molecule has 36 heavy (non-hydrogen) atoms. The Balaban J connectivity index is 1.34. The van der Waals surface area contributed by atoms with E-state index in [1.165, 1.54) is 6.33 Å². The van der Waals surface area contributed by atoms with E-state index >= 15 is 0 Å². The summed E-state index contributed by atoms with van der Waals surface area (Å²) < 4.78 is 7.22. The van der Waals surface area contributed by atoms with Crippen LogP contribution < -0.4 is 21.1 Å². The van der Waals surface area contributed by atoms with Crippen molar-refractivity contribution in [2.24, 2.45) is 0 Å². The fraction of sp³-hybridized carbons (Fsp3) is 0.259. The molecule has 0 saturated heterocycles. The third-order valence-corrected chi connectivity index (χ3v) is 6.60. The molecule has 2 amide bonds. The molecule has 4 aromatic rings. The van der Waals surface area contributed by atoms with Gasteiger partial charge in [-0.2, -0.15) is 0 Å². The van der Waals surface area contributed by atoms with Crippen molar-refractivity contribution in [1.29, 1.82) is 0 Å². The van der Waals surface area contributed by atoms with E-state index in [4.69, 9.17) is 10.5 Å². The van der Waals surface area contributed by atoms with Crippen LogP contribution in [0.25, 0.3) is 11.0 Å². The Hall–Kier alpha value is -4.40. The van der Waals surface area contributed by atoms with E-state index in [1.807, 2.05) is 30.5 Å². The van der Waals surface area contributed by atoms with Crippen LogP contribution >= 0.6 is 0 Å². The minimum absolute atomic E-state index is 0.194. The van der Waals surface area contributed by atoms with E-state index in [-0.39, 0.29) is 17.6 Å². The summed E-state index contributed by atoms with van der Waals surface area (Å²) in [5, 5.41) is 6.19. The van der Waals surface area contributed by atoms with Crippen molar-refractivity contribution in [1.82, 2.24) is 19.9 Å². The average molecular weight is 485 g/mol. The van der Waals surface area contributed by atoms with Crippen LogP contribution in [0, 0.1) is 0 Å². The average Bonchev–Trinajstić information content (AvgIpc) is 3.56. The Morgan fingerprint density at radius 3 is 2.64 bits per heavy atom. The van der Waals surface area contributed by atoms with E-state index in [9.17, 15) is 9.59 Å². The second-order valence-corrected chi connectivity index (χ2v) is 8.91. The van der Waals surface area contributed by atoms with E-state index < -0.39 is 0 Å². The van der Waals surface area contributed by atoms with Gasteiger partial charge in [-0.25, -0.2) is 14.8 Å². The summed E-state index contributed by atoms with van der Waals surface area (Å²) in [7, 11) is 1.61. The monoisotopic (exact) mass is 484 g/mol. The van der Waals surface area contributed by atoms with Crippen molar-refractivity contribution in [3.63, 3.8) is 0 Å². The highest BCUT2D eigenvalue weighted by molar-refractivity contribution is 6.18. The molecule has 5 rings (SSSR count). The zero-order valence-electron chi connectivity index (χ0n) is 20.0. The number of urea groups is 1. The van der Waals surface area contributed by atoms with Crippen molar-refractivity contribution in [2.75, 3.05) is 18.2 Å². The zero-order chi connectivity index (χ0) is 25.1. The Labute approximate surface area is 208 Å². The molecule has 0 aliphatic heterocycles. The SMILES string of the molecule is COc1ccc(CNC(=O)Nc2cccc(C(=O)c3cn(C4CCCC4)c4ncnc(N)c34)c2)cc1. The number of nitrogens with one attached hydrogen (secondary N) is 2. The molecular weight excluding hydrogens is 456 g/mol. The van der Waals surface area contributed by atoms with Gasteiger partial charge in [-0.15, -0.1) is 0 Å². The van der Waals surface area contributed by atoms with Gasteiger partial charge in [-0.3, -0.25) is 4.79 Å². The Morgan fingerprint density at radius 2 is 1.89 bits per heavy atom. The fourth-order valence-electron chi connectivity index (χ4n) is 4.74. The number of nitrogens with zero attached hydrogens (tertiary/aromatic N) is 3. The van der Waals surface area contributed by atoms with Crippen molar-refractivity contribution < 1.29 is 14.3 Å². The molecule has 0 unspecified atom stereocenters. The van der Waals surface area contributed by atoms with E-state index in [0.29, 0.717) is 40.4 Å². The molecule has 1 fully saturated rings. The molecule has 4 N–H and O–H groups in total. The number of ether oxygens (including phenoxy) is 1. The summed E-state index contributed by atoms with van der Waals surface area (Å²) in [4.78, 5) is 34.6. The van der Waals surface area contributed by atoms with Crippen LogP contribution in [0.2, 0.25) is 0 Å². The summed E-state index contributed by atoms with van der Waals surface area (Å²) in [5.74, 6) is 0.845. The van der Waals surface area contributed by atoms with Gasteiger partial charge in [0.05, 0.1) is 18.1 Å². The van der Waals surface area contributed by atoms with E-state index in [0.717, 1.165) is 37.0 Å². The lowest BCUT2D eigenvalue weighted by Gasteiger charge is -2.12. The highest BCUT2D eigenvalue weighted by atomic mass is 16.5. The molecule has 2 aromatic heterocycles. The summed E-state index contributed by atoms with van der Waals surface area (Å²) in [5.41, 5.74) is 9.23. The molecule has 0 spiro atoms. The first kappa shape index (κ1) is 23.3. The van der Waals surface area contributed by atoms with E-state index in [2.05, 4.69) is 25.2 Å². The summed E-state index contributed by atoms with van der Waals surface area (Å²) in [6.45, 7) is 0.356. The smallest absolute Gasteiger partial charge is 0.319 e. The standard InChI is InChI=1S/C27H28N6O3/c1-36-21-11-9-17(10-12-21)14-29-27(35)32-19-6-4-5-18(13-19)24(34)22-15-33(20-7-2-3-8-20)26-23(22)25(28)30-16-31-26/h4-6,9-13,15-16,20H,2-3,7-8,14H2,1H3,(H2,28,30,31)(H2,29,32,35). The number of fused-ring (bicyclic) bond motifs is 1. The van der Waals surface area contributed by atoms with Gasteiger partial charge in [0.15, 0.2) is 5.78 Å². The van der Waals surface area contributed by atoms with Crippen molar-refractivity contribution in [3.05, 3.63) is 77.7 Å². The summed E-state index contributed by atoms with van der Waals surface area (Å²) >= 11 is 0. The molecule has 1 aliphatic rings. The highest BCUT2D eigenvalue weighted by Gasteiger charge is 2.25. The summed E-state index contributed by atoms with van der Waals surface area (Å²) in [6.07, 6.45) is 7.70. The number of carbonyl (C=O) groups is 2. The van der Waals surface area contributed by atoms with Gasteiger partial charge in [0, 0.05) is 30.0 Å². The van der Waals surface area contributed by atoms with E-state index in [1.54, 1.807) is 31.4 Å². The Kier molecular flexibility index (Phi) is 6.53. The lowest BCUT2D eigenvalue weighted by Crippen LogP contribution is -2.28. The summed E-state index contributed by atoms with van der Waals surface area (Å²) in [6, 6.07) is 14.2. The fourth-order valence-corrected chi connectivity index (χ4v) is 4.74. The number of anilines is 2. The molecule has 1 saturated carbocycles. The molecule has 2 heterocycles. The number of aromatic nitrogens is 3. The molecule has 9 nitrogen and oxygen atoms in total. The highest BCUT2D eigenvalue weighted by Crippen LogP contribution is 2.35. The van der Waals surface area contributed by atoms with Gasteiger partial charge in [0.1, 0.15) is 23.5 Å². The van der Waals surface area contributed by atoms with Gasteiger partial charge >= 0.3 is 6.03 Å². The number of nitrogen functional groups attached to an aromatic ring is 1. The number of methoxy groups -OCH3 is 1. The van der Waals surface area contributed by atoms with Crippen LogP contribution in [0.4, 0.5) is 16.3 Å². The molecule has 0 radical (unpaired) electrons. The second kappa shape index (κ2) is 10.1. The minimum atomic E-state index is -0.370. The van der Waals surface area contributed by atoms with Gasteiger partial charge in [0.25, 0.3) is 0 Å². The van der Waals surface area contributed by atoms with Gasteiger partial charge in [-0.1, -0.05) is 37.1 Å². The first-order valence-electron chi connectivity index (χ1n) is 12.0. The molecule has 1 aliphatic carbocycles. The Morgan fingerprint density at radius 1 is 1.11 bits per heavy atom. The molecule has 2 aromatic carbocycles. The predicted octanol–water partition coefficient (Wildman–Crippen LogP) is 4.69. The second-order valence-electron chi connectivity index (χ2n) is 8.91. The number of nitrogens with two attached hydrogens (primary N) is 1. The quantitative estimate of drug-likeness (QED) is 0.327. The number of hydrogen-bond acceptors (Lipinski definition) is 6. The molecule has 0 bridgehead atoms. The predicted molar refractivity (Wildman–Crippen MR) is 138 cm³/mol. The van der Waals surface area contributed by atoms with Gasteiger partial charge < -0.3 is 25.7 Å². The number of benzene rings is 2. The lowest BCUT2D eigenvalue weighted by atomic mass is 10.0. The topological polar surface area (TPSA) is 124 Å². The number of ketones is 1.